The first-order valence-corrected chi connectivity index (χ1v) is 12.2. The maximum atomic E-state index is 13.9. The summed E-state index contributed by atoms with van der Waals surface area (Å²) < 4.78 is 54.1. The van der Waals surface area contributed by atoms with Crippen LogP contribution >= 0.6 is 0 Å². The molecule has 33 heavy (non-hydrogen) atoms. The predicted molar refractivity (Wildman–Crippen MR) is 124 cm³/mol. The Morgan fingerprint density at radius 2 is 1.55 bits per heavy atom. The number of benzene rings is 2. The third-order valence-electron chi connectivity index (χ3n) is 5.39. The van der Waals surface area contributed by atoms with E-state index in [1.54, 1.807) is 12.1 Å². The minimum absolute atomic E-state index is 0.239. The highest BCUT2D eigenvalue weighted by molar-refractivity contribution is 7.92. The lowest BCUT2D eigenvalue weighted by atomic mass is 9.95. The second kappa shape index (κ2) is 9.70. The third-order valence-corrected chi connectivity index (χ3v) is 6.80. The number of halogens is 2. The fourth-order valence-electron chi connectivity index (χ4n) is 3.83. The highest BCUT2D eigenvalue weighted by Gasteiger charge is 2.20. The van der Waals surface area contributed by atoms with Gasteiger partial charge in [-0.15, -0.1) is 0 Å². The summed E-state index contributed by atoms with van der Waals surface area (Å²) in [5.41, 5.74) is 0.926. The molecule has 174 valence electrons. The zero-order chi connectivity index (χ0) is 23.4. The highest BCUT2D eigenvalue weighted by atomic mass is 32.2. The molecule has 1 fully saturated rings. The van der Waals surface area contributed by atoms with E-state index in [4.69, 9.17) is 0 Å². The lowest BCUT2D eigenvalue weighted by Crippen LogP contribution is -2.23. The topological polar surface area (TPSA) is 96.0 Å². The maximum absolute atomic E-state index is 13.9. The second-order valence-electron chi connectivity index (χ2n) is 8.05. The van der Waals surface area contributed by atoms with Crippen LogP contribution in [0.1, 0.15) is 37.9 Å². The Bertz CT molecular complexity index is 1230. The van der Waals surface area contributed by atoms with Crippen LogP contribution in [0.15, 0.2) is 53.4 Å². The normalized spacial score (nSPS) is 14.6. The van der Waals surface area contributed by atoms with Crippen molar-refractivity contribution in [3.8, 4) is 0 Å². The van der Waals surface area contributed by atoms with Gasteiger partial charge in [-0.25, -0.2) is 27.2 Å². The van der Waals surface area contributed by atoms with Crippen LogP contribution in [0, 0.1) is 18.6 Å². The summed E-state index contributed by atoms with van der Waals surface area (Å²) in [5.74, 6) is 0.00522. The molecular weight excluding hydrogens is 448 g/mol. The Hall–Kier alpha value is -3.27. The molecule has 1 aliphatic rings. The zero-order valence-corrected chi connectivity index (χ0v) is 18.9. The van der Waals surface area contributed by atoms with E-state index in [0.717, 1.165) is 30.8 Å². The van der Waals surface area contributed by atoms with E-state index in [2.05, 4.69) is 25.3 Å². The average molecular weight is 474 g/mol. The number of hydrogen-bond acceptors (Lipinski definition) is 6. The van der Waals surface area contributed by atoms with E-state index in [-0.39, 0.29) is 5.69 Å². The van der Waals surface area contributed by atoms with Crippen LogP contribution in [0.4, 0.5) is 31.8 Å². The van der Waals surface area contributed by atoms with Gasteiger partial charge in [0, 0.05) is 29.5 Å². The lowest BCUT2D eigenvalue weighted by Gasteiger charge is -2.23. The molecule has 1 aliphatic carbocycles. The van der Waals surface area contributed by atoms with Gasteiger partial charge in [0.2, 0.25) is 0 Å². The monoisotopic (exact) mass is 473 g/mol. The minimum atomic E-state index is -4.20. The molecule has 0 amide bonds. The molecule has 2 aromatic carbocycles. The molecule has 0 unspecified atom stereocenters. The van der Waals surface area contributed by atoms with Gasteiger partial charge in [0.15, 0.2) is 0 Å². The van der Waals surface area contributed by atoms with E-state index in [1.165, 1.54) is 31.4 Å². The SMILES string of the molecule is Cc1nc(Nc2ccc(NS(=O)(=O)c3ccc(F)cc3F)cc2)cc(NC2CCCCC2)n1. The summed E-state index contributed by atoms with van der Waals surface area (Å²) in [5, 5.41) is 6.67. The van der Waals surface area contributed by atoms with Crippen LogP contribution in [-0.4, -0.2) is 24.4 Å². The minimum Gasteiger partial charge on any atom is -0.367 e. The van der Waals surface area contributed by atoms with Crippen molar-refractivity contribution in [3.05, 3.63) is 66.0 Å². The second-order valence-corrected chi connectivity index (χ2v) is 9.70. The molecule has 0 aliphatic heterocycles. The van der Waals surface area contributed by atoms with Crippen molar-refractivity contribution in [2.45, 2.75) is 50.0 Å². The first-order chi connectivity index (χ1) is 15.8. The molecule has 0 radical (unpaired) electrons. The van der Waals surface area contributed by atoms with Crippen LogP contribution in [0.5, 0.6) is 0 Å². The summed E-state index contributed by atoms with van der Waals surface area (Å²) in [6, 6.07) is 11.0. The molecule has 0 spiro atoms. The predicted octanol–water partition coefficient (Wildman–Crippen LogP) is 5.35. The van der Waals surface area contributed by atoms with E-state index in [9.17, 15) is 17.2 Å². The zero-order valence-electron chi connectivity index (χ0n) is 18.1. The maximum Gasteiger partial charge on any atom is 0.264 e. The van der Waals surface area contributed by atoms with Gasteiger partial charge in [-0.2, -0.15) is 0 Å². The lowest BCUT2D eigenvalue weighted by molar-refractivity contribution is 0.462. The molecule has 0 saturated heterocycles. The molecule has 1 aromatic heterocycles. The van der Waals surface area contributed by atoms with Crippen molar-refractivity contribution in [1.29, 1.82) is 0 Å². The molecule has 1 saturated carbocycles. The van der Waals surface area contributed by atoms with E-state index >= 15 is 0 Å². The first-order valence-electron chi connectivity index (χ1n) is 10.8. The van der Waals surface area contributed by atoms with E-state index < -0.39 is 26.6 Å². The summed E-state index contributed by atoms with van der Waals surface area (Å²) in [6.07, 6.45) is 5.97. The van der Waals surface area contributed by atoms with Crippen molar-refractivity contribution < 1.29 is 17.2 Å². The Morgan fingerprint density at radius 1 is 0.879 bits per heavy atom. The number of aromatic nitrogens is 2. The van der Waals surface area contributed by atoms with Gasteiger partial charge in [0.25, 0.3) is 10.0 Å². The quantitative estimate of drug-likeness (QED) is 0.428. The van der Waals surface area contributed by atoms with Crippen molar-refractivity contribution in [2.75, 3.05) is 15.4 Å². The fourth-order valence-corrected chi connectivity index (χ4v) is 4.95. The highest BCUT2D eigenvalue weighted by Crippen LogP contribution is 2.25. The van der Waals surface area contributed by atoms with Crippen LogP contribution < -0.4 is 15.4 Å². The molecule has 1 heterocycles. The first kappa shape index (κ1) is 22.9. The van der Waals surface area contributed by atoms with Gasteiger partial charge in [0.1, 0.15) is 34.0 Å². The van der Waals surface area contributed by atoms with Crippen LogP contribution in [0.2, 0.25) is 0 Å². The average Bonchev–Trinajstić information content (AvgIpc) is 2.75. The summed E-state index contributed by atoms with van der Waals surface area (Å²) in [6.45, 7) is 1.82. The molecule has 3 aromatic rings. The number of anilines is 4. The van der Waals surface area contributed by atoms with E-state index in [0.29, 0.717) is 29.4 Å². The van der Waals surface area contributed by atoms with E-state index in [1.807, 2.05) is 13.0 Å². The van der Waals surface area contributed by atoms with Crippen molar-refractivity contribution in [1.82, 2.24) is 9.97 Å². The number of nitrogens with zero attached hydrogens (tertiary/aromatic N) is 2. The van der Waals surface area contributed by atoms with Crippen LogP contribution in [0.3, 0.4) is 0 Å². The Kier molecular flexibility index (Phi) is 6.73. The number of sulfonamides is 1. The van der Waals surface area contributed by atoms with Crippen molar-refractivity contribution in [2.24, 2.45) is 0 Å². The standard InChI is InChI=1S/C23H25F2N5O2S/c1-15-26-22(28-17-5-3-2-4-6-17)14-23(27-15)29-18-8-10-19(11-9-18)30-33(31,32)21-12-7-16(24)13-20(21)25/h7-14,17,30H,2-6H2,1H3,(H2,26,27,28,29). The largest absolute Gasteiger partial charge is 0.367 e. The fraction of sp³-hybridized carbons (Fsp3) is 0.304. The Balaban J connectivity index is 1.44. The van der Waals surface area contributed by atoms with Gasteiger partial charge in [-0.05, 0) is 56.2 Å². The molecule has 7 nitrogen and oxygen atoms in total. The van der Waals surface area contributed by atoms with Crippen molar-refractivity contribution >= 4 is 33.0 Å². The number of rotatable bonds is 7. The van der Waals surface area contributed by atoms with Crippen molar-refractivity contribution in [3.63, 3.8) is 0 Å². The molecular formula is C23H25F2N5O2S. The number of hydrogen-bond donors (Lipinski definition) is 3. The molecule has 4 rings (SSSR count). The number of aryl methyl sites for hydroxylation is 1. The summed E-state index contributed by atoms with van der Waals surface area (Å²) >= 11 is 0. The third kappa shape index (κ3) is 5.95. The Labute approximate surface area is 191 Å². The smallest absolute Gasteiger partial charge is 0.264 e. The van der Waals surface area contributed by atoms with Gasteiger partial charge in [-0.3, -0.25) is 4.72 Å². The molecule has 3 N–H and O–H groups in total. The Morgan fingerprint density at radius 3 is 2.24 bits per heavy atom. The van der Waals surface area contributed by atoms with Crippen LogP contribution in [-0.2, 0) is 10.0 Å². The summed E-state index contributed by atoms with van der Waals surface area (Å²) in [4.78, 5) is 8.26. The summed E-state index contributed by atoms with van der Waals surface area (Å²) in [7, 11) is -4.20. The molecule has 0 atom stereocenters. The van der Waals surface area contributed by atoms with Gasteiger partial charge < -0.3 is 10.6 Å². The van der Waals surface area contributed by atoms with Crippen LogP contribution in [0.25, 0.3) is 0 Å². The van der Waals surface area contributed by atoms with Gasteiger partial charge >= 0.3 is 0 Å². The van der Waals surface area contributed by atoms with Gasteiger partial charge in [-0.1, -0.05) is 19.3 Å². The molecule has 0 bridgehead atoms. The number of nitrogens with one attached hydrogen (secondary N) is 3. The molecule has 10 heteroatoms. The van der Waals surface area contributed by atoms with Gasteiger partial charge in [0.05, 0.1) is 0 Å².